The van der Waals surface area contributed by atoms with Crippen molar-refractivity contribution in [2.45, 2.75) is 45.4 Å². The molecule has 0 bridgehead atoms. The fourth-order valence-corrected chi connectivity index (χ4v) is 6.18. The molecule has 6 nitrogen and oxygen atoms in total. The first-order valence-electron chi connectivity index (χ1n) is 10.6. The average Bonchev–Trinajstić information content (AvgIpc) is 2.76. The van der Waals surface area contributed by atoms with Gasteiger partial charge in [-0.15, -0.1) is 0 Å². The summed E-state index contributed by atoms with van der Waals surface area (Å²) in [5, 5.41) is 0. The van der Waals surface area contributed by atoms with Gasteiger partial charge < -0.3 is 9.64 Å². The van der Waals surface area contributed by atoms with Gasteiger partial charge in [0.2, 0.25) is 15.9 Å². The number of benzene rings is 2. The Hall–Kier alpha value is -2.38. The van der Waals surface area contributed by atoms with Crippen LogP contribution in [0.25, 0.3) is 0 Å². The Labute approximate surface area is 185 Å². The first-order chi connectivity index (χ1) is 14.7. The van der Waals surface area contributed by atoms with Gasteiger partial charge in [0.15, 0.2) is 0 Å². The molecule has 1 heterocycles. The number of nitrogens with zero attached hydrogens (tertiary/aromatic N) is 2. The van der Waals surface area contributed by atoms with E-state index in [2.05, 4.69) is 0 Å². The highest BCUT2D eigenvalue weighted by molar-refractivity contribution is 7.89. The molecule has 1 fully saturated rings. The standard InChI is InChI=1S/C24H32N2O4S/c1-17-16-18(2)20(4)24(19(17)3)31(28,29)26-14-12-25(13-15-26)23(27)11-10-21-8-6-7-9-22(21)30-5/h6-9,16H,10-15H2,1-5H3. The lowest BCUT2D eigenvalue weighted by molar-refractivity contribution is -0.132. The third kappa shape index (κ3) is 4.77. The molecular weight excluding hydrogens is 412 g/mol. The summed E-state index contributed by atoms with van der Waals surface area (Å²) >= 11 is 0. The van der Waals surface area contributed by atoms with Gasteiger partial charge in [0.25, 0.3) is 0 Å². The molecule has 1 saturated heterocycles. The van der Waals surface area contributed by atoms with Crippen molar-refractivity contribution in [3.63, 3.8) is 0 Å². The molecule has 0 atom stereocenters. The monoisotopic (exact) mass is 444 g/mol. The van der Waals surface area contributed by atoms with Crippen LogP contribution in [-0.2, 0) is 21.2 Å². The van der Waals surface area contributed by atoms with Crippen LogP contribution in [0.4, 0.5) is 0 Å². The van der Waals surface area contributed by atoms with Crippen LogP contribution in [-0.4, -0.2) is 56.8 Å². The molecule has 0 unspecified atom stereocenters. The van der Waals surface area contributed by atoms with Crippen LogP contribution in [0.15, 0.2) is 35.2 Å². The van der Waals surface area contributed by atoms with Gasteiger partial charge in [0.05, 0.1) is 12.0 Å². The fraction of sp³-hybridized carbons (Fsp3) is 0.458. The van der Waals surface area contributed by atoms with E-state index in [0.29, 0.717) is 43.9 Å². The molecule has 0 spiro atoms. The van der Waals surface area contributed by atoms with Gasteiger partial charge in [-0.05, 0) is 68.0 Å². The first-order valence-corrected chi connectivity index (χ1v) is 12.1. The summed E-state index contributed by atoms with van der Waals surface area (Å²) in [6, 6.07) is 9.72. The van der Waals surface area contributed by atoms with E-state index in [0.717, 1.165) is 33.6 Å². The normalized spacial score (nSPS) is 15.2. The predicted octanol–water partition coefficient (Wildman–Crippen LogP) is 3.39. The zero-order chi connectivity index (χ0) is 22.8. The highest BCUT2D eigenvalue weighted by atomic mass is 32.2. The number of piperazine rings is 1. The molecule has 2 aromatic rings. The Morgan fingerprint density at radius 2 is 1.55 bits per heavy atom. The van der Waals surface area contributed by atoms with Crippen molar-refractivity contribution < 1.29 is 17.9 Å². The molecule has 168 valence electrons. The molecule has 1 aliphatic rings. The van der Waals surface area contributed by atoms with Crippen molar-refractivity contribution in [1.82, 2.24) is 9.21 Å². The van der Waals surface area contributed by atoms with Gasteiger partial charge in [-0.25, -0.2) is 8.42 Å². The summed E-state index contributed by atoms with van der Waals surface area (Å²) in [5.74, 6) is 0.826. The van der Waals surface area contributed by atoms with Gasteiger partial charge in [0, 0.05) is 32.6 Å². The van der Waals surface area contributed by atoms with Crippen LogP contribution in [0.5, 0.6) is 5.75 Å². The van der Waals surface area contributed by atoms with Crippen molar-refractivity contribution in [1.29, 1.82) is 0 Å². The number of carbonyl (C=O) groups excluding carboxylic acids is 1. The maximum absolute atomic E-state index is 13.4. The SMILES string of the molecule is COc1ccccc1CCC(=O)N1CCN(S(=O)(=O)c2c(C)c(C)cc(C)c2C)CC1. The fourth-order valence-electron chi connectivity index (χ4n) is 4.18. The molecule has 31 heavy (non-hydrogen) atoms. The molecule has 7 heteroatoms. The lowest BCUT2D eigenvalue weighted by Gasteiger charge is -2.35. The quantitative estimate of drug-likeness (QED) is 0.685. The van der Waals surface area contributed by atoms with E-state index < -0.39 is 10.0 Å². The maximum atomic E-state index is 13.4. The van der Waals surface area contributed by atoms with Gasteiger partial charge in [0.1, 0.15) is 5.75 Å². The van der Waals surface area contributed by atoms with E-state index in [4.69, 9.17) is 4.74 Å². The van der Waals surface area contributed by atoms with Crippen molar-refractivity contribution in [2.24, 2.45) is 0 Å². The van der Waals surface area contributed by atoms with Crippen molar-refractivity contribution in [3.05, 3.63) is 58.1 Å². The highest BCUT2D eigenvalue weighted by Gasteiger charge is 2.32. The number of carbonyl (C=O) groups is 1. The van der Waals surface area contributed by atoms with Gasteiger partial charge in [-0.1, -0.05) is 24.3 Å². The molecule has 2 aromatic carbocycles. The minimum Gasteiger partial charge on any atom is -0.496 e. The van der Waals surface area contributed by atoms with Crippen LogP contribution in [0.1, 0.15) is 34.2 Å². The van der Waals surface area contributed by atoms with Crippen LogP contribution in [0, 0.1) is 27.7 Å². The summed E-state index contributed by atoms with van der Waals surface area (Å²) in [6.07, 6.45) is 0.977. The third-order valence-corrected chi connectivity index (χ3v) is 8.46. The van der Waals surface area contributed by atoms with Crippen LogP contribution in [0.2, 0.25) is 0 Å². The summed E-state index contributed by atoms with van der Waals surface area (Å²) in [4.78, 5) is 14.9. The Balaban J connectivity index is 1.66. The van der Waals surface area contributed by atoms with Crippen LogP contribution < -0.4 is 4.74 Å². The second kappa shape index (κ2) is 9.40. The molecule has 0 saturated carbocycles. The molecular formula is C24H32N2O4S. The molecule has 0 aromatic heterocycles. The molecule has 1 amide bonds. The number of aryl methyl sites for hydroxylation is 3. The average molecular weight is 445 g/mol. The van der Waals surface area contributed by atoms with E-state index in [1.807, 2.05) is 58.0 Å². The van der Waals surface area contributed by atoms with E-state index in [1.54, 1.807) is 12.0 Å². The van der Waals surface area contributed by atoms with E-state index in [1.165, 1.54) is 4.31 Å². The van der Waals surface area contributed by atoms with E-state index in [9.17, 15) is 13.2 Å². The first kappa shape index (κ1) is 23.3. The Morgan fingerprint density at radius 1 is 0.968 bits per heavy atom. The van der Waals surface area contributed by atoms with Gasteiger partial charge in [-0.3, -0.25) is 4.79 Å². The van der Waals surface area contributed by atoms with E-state index >= 15 is 0 Å². The Kier molecular flexibility index (Phi) is 7.06. The Bertz CT molecular complexity index is 1040. The number of hydrogen-bond acceptors (Lipinski definition) is 4. The number of para-hydroxylation sites is 1. The summed E-state index contributed by atoms with van der Waals surface area (Å²) in [5.41, 5.74) is 4.57. The van der Waals surface area contributed by atoms with Crippen molar-refractivity contribution >= 4 is 15.9 Å². The third-order valence-electron chi connectivity index (χ3n) is 6.29. The molecule has 0 aliphatic carbocycles. The molecule has 1 aliphatic heterocycles. The smallest absolute Gasteiger partial charge is 0.243 e. The summed E-state index contributed by atoms with van der Waals surface area (Å²) in [6.45, 7) is 9.07. The summed E-state index contributed by atoms with van der Waals surface area (Å²) < 4.78 is 33.7. The lowest BCUT2D eigenvalue weighted by atomic mass is 10.0. The zero-order valence-corrected chi connectivity index (χ0v) is 19.9. The summed E-state index contributed by atoms with van der Waals surface area (Å²) in [7, 11) is -1.98. The largest absolute Gasteiger partial charge is 0.496 e. The predicted molar refractivity (Wildman–Crippen MR) is 122 cm³/mol. The van der Waals surface area contributed by atoms with Gasteiger partial charge >= 0.3 is 0 Å². The minimum absolute atomic E-state index is 0.0433. The molecule has 0 N–H and O–H groups in total. The van der Waals surface area contributed by atoms with Crippen LogP contribution >= 0.6 is 0 Å². The molecule has 3 rings (SSSR count). The maximum Gasteiger partial charge on any atom is 0.243 e. The molecule has 0 radical (unpaired) electrons. The van der Waals surface area contributed by atoms with Crippen molar-refractivity contribution in [2.75, 3.05) is 33.3 Å². The van der Waals surface area contributed by atoms with Crippen LogP contribution in [0.3, 0.4) is 0 Å². The minimum atomic E-state index is -3.60. The topological polar surface area (TPSA) is 66.9 Å². The van der Waals surface area contributed by atoms with Gasteiger partial charge in [-0.2, -0.15) is 4.31 Å². The Morgan fingerprint density at radius 3 is 2.13 bits per heavy atom. The number of sulfonamides is 1. The van der Waals surface area contributed by atoms with E-state index in [-0.39, 0.29) is 5.91 Å². The number of hydrogen-bond donors (Lipinski definition) is 0. The number of amides is 1. The van der Waals surface area contributed by atoms with Crippen molar-refractivity contribution in [3.8, 4) is 5.75 Å². The second-order valence-corrected chi connectivity index (χ2v) is 10.1. The lowest BCUT2D eigenvalue weighted by Crippen LogP contribution is -2.50. The second-order valence-electron chi connectivity index (χ2n) is 8.19. The number of methoxy groups -OCH3 is 1. The zero-order valence-electron chi connectivity index (χ0n) is 19.1. The number of ether oxygens (including phenoxy) is 1. The number of rotatable bonds is 6. The highest BCUT2D eigenvalue weighted by Crippen LogP contribution is 2.29.